The summed E-state index contributed by atoms with van der Waals surface area (Å²) in [4.78, 5) is 16.5. The van der Waals surface area contributed by atoms with E-state index in [0.717, 1.165) is 13.1 Å². The van der Waals surface area contributed by atoms with Crippen LogP contribution in [0.25, 0.3) is 5.95 Å². The standard InChI is InChI=1S/C11H14ClN7/c12-9-14-10(17-19-5-2-1-3-6-19)16-11(15-9)18-7-4-13-8-18/h4,7-8H,1-3,5-6H2,(H,14,15,16,17). The molecule has 0 amide bonds. The molecule has 8 heteroatoms. The summed E-state index contributed by atoms with van der Waals surface area (Å²) in [6.45, 7) is 1.98. The summed E-state index contributed by atoms with van der Waals surface area (Å²) < 4.78 is 1.69. The molecule has 0 atom stereocenters. The summed E-state index contributed by atoms with van der Waals surface area (Å²) in [5.74, 6) is 0.919. The Morgan fingerprint density at radius 3 is 2.68 bits per heavy atom. The second-order valence-electron chi connectivity index (χ2n) is 4.36. The van der Waals surface area contributed by atoms with Crippen molar-refractivity contribution in [3.05, 3.63) is 24.0 Å². The minimum atomic E-state index is 0.165. The van der Waals surface area contributed by atoms with Crippen molar-refractivity contribution in [1.82, 2.24) is 29.5 Å². The summed E-state index contributed by atoms with van der Waals surface area (Å²) in [6.07, 6.45) is 8.68. The molecule has 1 saturated heterocycles. The van der Waals surface area contributed by atoms with E-state index in [1.807, 2.05) is 0 Å². The molecule has 1 N–H and O–H groups in total. The molecule has 1 aliphatic rings. The highest BCUT2D eigenvalue weighted by atomic mass is 35.5. The van der Waals surface area contributed by atoms with Gasteiger partial charge in [0.2, 0.25) is 17.2 Å². The number of rotatable bonds is 3. The zero-order valence-corrected chi connectivity index (χ0v) is 11.1. The van der Waals surface area contributed by atoms with Crippen molar-refractivity contribution in [2.24, 2.45) is 0 Å². The molecule has 1 fully saturated rings. The summed E-state index contributed by atoms with van der Waals surface area (Å²) in [5.41, 5.74) is 3.18. The number of hydrogen-bond donors (Lipinski definition) is 1. The van der Waals surface area contributed by atoms with Gasteiger partial charge in [-0.25, -0.2) is 9.99 Å². The Labute approximate surface area is 115 Å². The van der Waals surface area contributed by atoms with Crippen LogP contribution in [-0.4, -0.2) is 42.6 Å². The minimum Gasteiger partial charge on any atom is -0.287 e. The van der Waals surface area contributed by atoms with Crippen molar-refractivity contribution < 1.29 is 0 Å². The number of aromatic nitrogens is 5. The predicted molar refractivity (Wildman–Crippen MR) is 71.0 cm³/mol. The molecule has 100 valence electrons. The first kappa shape index (κ1) is 12.3. The van der Waals surface area contributed by atoms with E-state index in [4.69, 9.17) is 11.6 Å². The van der Waals surface area contributed by atoms with E-state index in [9.17, 15) is 0 Å². The number of nitrogens with zero attached hydrogens (tertiary/aromatic N) is 6. The van der Waals surface area contributed by atoms with Crippen molar-refractivity contribution >= 4 is 17.5 Å². The third-order valence-electron chi connectivity index (χ3n) is 2.95. The van der Waals surface area contributed by atoms with Crippen LogP contribution in [0.15, 0.2) is 18.7 Å². The number of anilines is 1. The Balaban J connectivity index is 1.81. The molecule has 3 heterocycles. The maximum absolute atomic E-state index is 5.93. The van der Waals surface area contributed by atoms with Gasteiger partial charge >= 0.3 is 0 Å². The van der Waals surface area contributed by atoms with E-state index in [1.165, 1.54) is 19.3 Å². The first-order chi connectivity index (χ1) is 9.31. The highest BCUT2D eigenvalue weighted by molar-refractivity contribution is 6.28. The minimum absolute atomic E-state index is 0.165. The molecule has 0 aromatic carbocycles. The number of imidazole rings is 1. The van der Waals surface area contributed by atoms with Crippen LogP contribution in [0.5, 0.6) is 0 Å². The molecule has 0 bridgehead atoms. The number of hydrogen-bond acceptors (Lipinski definition) is 6. The van der Waals surface area contributed by atoms with E-state index >= 15 is 0 Å². The first-order valence-electron chi connectivity index (χ1n) is 6.23. The zero-order chi connectivity index (χ0) is 13.1. The average Bonchev–Trinajstić information content (AvgIpc) is 2.93. The van der Waals surface area contributed by atoms with Gasteiger partial charge in [-0.2, -0.15) is 15.0 Å². The third-order valence-corrected chi connectivity index (χ3v) is 3.11. The van der Waals surface area contributed by atoms with E-state index in [-0.39, 0.29) is 5.28 Å². The summed E-state index contributed by atoms with van der Waals surface area (Å²) >= 11 is 5.93. The predicted octanol–water partition coefficient (Wildman–Crippen LogP) is 1.52. The second-order valence-corrected chi connectivity index (χ2v) is 4.70. The van der Waals surface area contributed by atoms with E-state index in [2.05, 4.69) is 30.4 Å². The molecule has 0 saturated carbocycles. The van der Waals surface area contributed by atoms with Crippen molar-refractivity contribution in [3.8, 4) is 5.95 Å². The fraction of sp³-hybridized carbons (Fsp3) is 0.455. The average molecular weight is 280 g/mol. The van der Waals surface area contributed by atoms with Crippen LogP contribution in [-0.2, 0) is 0 Å². The fourth-order valence-corrected chi connectivity index (χ4v) is 2.19. The normalized spacial score (nSPS) is 16.5. The Kier molecular flexibility index (Phi) is 3.56. The Hall–Kier alpha value is -1.73. The lowest BCUT2D eigenvalue weighted by molar-refractivity contribution is 0.271. The lowest BCUT2D eigenvalue weighted by Gasteiger charge is -2.26. The number of halogens is 1. The second kappa shape index (κ2) is 5.50. The molecule has 7 nitrogen and oxygen atoms in total. The SMILES string of the molecule is Clc1nc(NN2CCCCC2)nc(-n2ccnc2)n1. The zero-order valence-electron chi connectivity index (χ0n) is 10.3. The molecule has 1 aliphatic heterocycles. The lowest BCUT2D eigenvalue weighted by atomic mass is 10.2. The first-order valence-corrected chi connectivity index (χ1v) is 6.60. The Morgan fingerprint density at radius 2 is 1.95 bits per heavy atom. The number of piperidine rings is 1. The number of hydrazine groups is 1. The van der Waals surface area contributed by atoms with Gasteiger partial charge in [0.15, 0.2) is 0 Å². The molecular weight excluding hydrogens is 266 g/mol. The van der Waals surface area contributed by atoms with E-state index in [1.54, 1.807) is 23.3 Å². The smallest absolute Gasteiger partial charge is 0.243 e. The van der Waals surface area contributed by atoms with Gasteiger partial charge in [0.05, 0.1) is 0 Å². The number of nitrogens with one attached hydrogen (secondary N) is 1. The third kappa shape index (κ3) is 2.99. The summed E-state index contributed by atoms with van der Waals surface area (Å²) in [7, 11) is 0. The van der Waals surface area contributed by atoms with Gasteiger partial charge in [0, 0.05) is 25.5 Å². The van der Waals surface area contributed by atoms with Gasteiger partial charge < -0.3 is 0 Å². The van der Waals surface area contributed by atoms with Crippen LogP contribution >= 0.6 is 11.6 Å². The van der Waals surface area contributed by atoms with Gasteiger partial charge in [-0.3, -0.25) is 9.99 Å². The summed E-state index contributed by atoms with van der Waals surface area (Å²) in [6, 6.07) is 0. The Bertz CT molecular complexity index is 536. The largest absolute Gasteiger partial charge is 0.287 e. The molecule has 0 aliphatic carbocycles. The topological polar surface area (TPSA) is 71.8 Å². The molecular formula is C11H14ClN7. The molecule has 2 aromatic rings. The fourth-order valence-electron chi connectivity index (χ4n) is 2.03. The quantitative estimate of drug-likeness (QED) is 0.918. The van der Waals surface area contributed by atoms with Crippen LogP contribution < -0.4 is 5.43 Å². The van der Waals surface area contributed by atoms with Crippen LogP contribution in [0.2, 0.25) is 5.28 Å². The molecule has 0 spiro atoms. The van der Waals surface area contributed by atoms with Crippen molar-refractivity contribution in [3.63, 3.8) is 0 Å². The van der Waals surface area contributed by atoms with Crippen LogP contribution in [0.3, 0.4) is 0 Å². The molecule has 2 aromatic heterocycles. The van der Waals surface area contributed by atoms with E-state index in [0.29, 0.717) is 11.9 Å². The summed E-state index contributed by atoms with van der Waals surface area (Å²) in [5, 5.41) is 2.27. The van der Waals surface area contributed by atoms with Crippen molar-refractivity contribution in [2.75, 3.05) is 18.5 Å². The van der Waals surface area contributed by atoms with E-state index < -0.39 is 0 Å². The lowest BCUT2D eigenvalue weighted by Crippen LogP contribution is -2.35. The van der Waals surface area contributed by atoms with Gasteiger partial charge in [-0.15, -0.1) is 0 Å². The maximum Gasteiger partial charge on any atom is 0.243 e. The maximum atomic E-state index is 5.93. The molecule has 3 rings (SSSR count). The van der Waals surface area contributed by atoms with Gasteiger partial charge in [0.1, 0.15) is 6.33 Å². The highest BCUT2D eigenvalue weighted by Crippen LogP contribution is 2.13. The molecule has 0 radical (unpaired) electrons. The Morgan fingerprint density at radius 1 is 1.11 bits per heavy atom. The van der Waals surface area contributed by atoms with Crippen LogP contribution in [0.4, 0.5) is 5.95 Å². The van der Waals surface area contributed by atoms with Crippen molar-refractivity contribution in [1.29, 1.82) is 0 Å². The molecule has 19 heavy (non-hydrogen) atoms. The highest BCUT2D eigenvalue weighted by Gasteiger charge is 2.13. The van der Waals surface area contributed by atoms with Crippen LogP contribution in [0, 0.1) is 0 Å². The van der Waals surface area contributed by atoms with Crippen LogP contribution in [0.1, 0.15) is 19.3 Å². The van der Waals surface area contributed by atoms with Gasteiger partial charge in [-0.05, 0) is 24.4 Å². The molecule has 0 unspecified atom stereocenters. The van der Waals surface area contributed by atoms with Crippen molar-refractivity contribution in [2.45, 2.75) is 19.3 Å². The van der Waals surface area contributed by atoms with Gasteiger partial charge in [-0.1, -0.05) is 6.42 Å². The monoisotopic (exact) mass is 279 g/mol. The van der Waals surface area contributed by atoms with Gasteiger partial charge in [0.25, 0.3) is 0 Å².